The van der Waals surface area contributed by atoms with Crippen LogP contribution in [0.4, 0.5) is 0 Å². The molecule has 0 saturated carbocycles. The lowest BCUT2D eigenvalue weighted by molar-refractivity contribution is 0.549. The maximum absolute atomic E-state index is 12.0. The molecule has 0 aromatic heterocycles. The molecular weight excluding hydrogens is 298 g/mol. The first kappa shape index (κ1) is 14.5. The number of sulfonamides is 1. The van der Waals surface area contributed by atoms with E-state index in [4.69, 9.17) is 0 Å². The number of hydrogen-bond acceptors (Lipinski definition) is 4. The molecule has 22 heavy (non-hydrogen) atoms. The summed E-state index contributed by atoms with van der Waals surface area (Å²) in [5.41, 5.74) is 2.68. The summed E-state index contributed by atoms with van der Waals surface area (Å²) in [7, 11) is -1.93. The Morgan fingerprint density at radius 3 is 2.50 bits per heavy atom. The number of hydrogen-bond donors (Lipinski definition) is 0. The number of benzene rings is 2. The quantitative estimate of drug-likeness (QED) is 0.632. The number of amidine groups is 1. The first-order chi connectivity index (χ1) is 10.5. The summed E-state index contributed by atoms with van der Waals surface area (Å²) in [5.74, 6) is 0.332. The molecule has 1 aliphatic rings. The molecule has 0 amide bonds. The fraction of sp³-hybridized carbons (Fsp3) is 0.125. The monoisotopic (exact) mass is 313 g/mol. The van der Waals surface area contributed by atoms with E-state index in [9.17, 15) is 8.42 Å². The molecule has 3 rings (SSSR count). The number of hydrazone groups is 1. The van der Waals surface area contributed by atoms with Crippen LogP contribution in [0.3, 0.4) is 0 Å². The van der Waals surface area contributed by atoms with Crippen LogP contribution < -0.4 is 0 Å². The van der Waals surface area contributed by atoms with Gasteiger partial charge in [0.05, 0.1) is 6.21 Å². The zero-order chi connectivity index (χ0) is 15.7. The molecule has 1 aliphatic heterocycles. The lowest BCUT2D eigenvalue weighted by Crippen LogP contribution is -2.21. The first-order valence-corrected chi connectivity index (χ1v) is 8.20. The molecule has 0 N–H and O–H groups in total. The Hall–Kier alpha value is -2.47. The third-order valence-corrected chi connectivity index (χ3v) is 4.70. The molecule has 2 aromatic carbocycles. The van der Waals surface area contributed by atoms with Gasteiger partial charge in [-0.25, -0.2) is 5.01 Å². The second-order valence-corrected chi connectivity index (χ2v) is 6.64. The fourth-order valence-electron chi connectivity index (χ4n) is 2.18. The van der Waals surface area contributed by atoms with E-state index in [2.05, 4.69) is 9.50 Å². The van der Waals surface area contributed by atoms with Crippen LogP contribution in [0.1, 0.15) is 16.7 Å². The summed E-state index contributed by atoms with van der Waals surface area (Å²) in [5, 5.41) is 5.76. The van der Waals surface area contributed by atoms with Gasteiger partial charge in [0.1, 0.15) is 4.90 Å². The van der Waals surface area contributed by atoms with Gasteiger partial charge in [-0.05, 0) is 24.6 Å². The minimum atomic E-state index is -3.62. The lowest BCUT2D eigenvalue weighted by Gasteiger charge is -2.12. The Balaban J connectivity index is 1.90. The third kappa shape index (κ3) is 2.65. The van der Waals surface area contributed by atoms with E-state index >= 15 is 0 Å². The first-order valence-electron chi connectivity index (χ1n) is 6.76. The van der Waals surface area contributed by atoms with Crippen molar-refractivity contribution >= 4 is 22.1 Å². The molecular formula is C16H15N3O2S. The summed E-state index contributed by atoms with van der Waals surface area (Å²) in [6.45, 7) is 2.02. The van der Waals surface area contributed by atoms with Crippen molar-refractivity contribution in [2.75, 3.05) is 7.05 Å². The van der Waals surface area contributed by atoms with Crippen molar-refractivity contribution in [1.29, 1.82) is 0 Å². The average molecular weight is 313 g/mol. The van der Waals surface area contributed by atoms with E-state index in [-0.39, 0.29) is 4.90 Å². The molecule has 5 nitrogen and oxygen atoms in total. The SMILES string of the molecule is Cc1ccc(/C=N/N(C)C2=NS(=O)(=O)c3ccccc32)cc1. The second-order valence-electron chi connectivity index (χ2n) is 5.06. The fourth-order valence-corrected chi connectivity index (χ4v) is 3.41. The van der Waals surface area contributed by atoms with Gasteiger partial charge in [0.15, 0.2) is 5.84 Å². The smallest absolute Gasteiger partial charge is 0.250 e. The molecule has 0 atom stereocenters. The van der Waals surface area contributed by atoms with Crippen molar-refractivity contribution in [3.63, 3.8) is 0 Å². The van der Waals surface area contributed by atoms with Crippen LogP contribution in [-0.4, -0.2) is 32.5 Å². The topological polar surface area (TPSA) is 62.1 Å². The maximum atomic E-state index is 12.0. The minimum absolute atomic E-state index is 0.224. The summed E-state index contributed by atoms with van der Waals surface area (Å²) < 4.78 is 27.8. The van der Waals surface area contributed by atoms with Gasteiger partial charge in [-0.2, -0.15) is 13.5 Å². The lowest BCUT2D eigenvalue weighted by atomic mass is 10.2. The highest BCUT2D eigenvalue weighted by atomic mass is 32.2. The van der Waals surface area contributed by atoms with Crippen LogP contribution in [-0.2, 0) is 10.0 Å². The minimum Gasteiger partial charge on any atom is -0.250 e. The molecule has 6 heteroatoms. The number of rotatable bonds is 2. The Morgan fingerprint density at radius 1 is 1.09 bits per heavy atom. The van der Waals surface area contributed by atoms with Gasteiger partial charge < -0.3 is 0 Å². The van der Waals surface area contributed by atoms with E-state index in [1.54, 1.807) is 37.5 Å². The third-order valence-electron chi connectivity index (χ3n) is 3.38. The Kier molecular flexibility index (Phi) is 3.54. The van der Waals surface area contributed by atoms with Crippen LogP contribution in [0.25, 0.3) is 0 Å². The van der Waals surface area contributed by atoms with Gasteiger partial charge in [-0.15, -0.1) is 4.40 Å². The van der Waals surface area contributed by atoms with Crippen molar-refractivity contribution in [3.8, 4) is 0 Å². The molecule has 0 fully saturated rings. The predicted octanol–water partition coefficient (Wildman–Crippen LogP) is 2.41. The molecule has 0 spiro atoms. The van der Waals surface area contributed by atoms with Gasteiger partial charge in [0.25, 0.3) is 10.0 Å². The molecule has 0 saturated heterocycles. The normalized spacial score (nSPS) is 15.6. The van der Waals surface area contributed by atoms with Gasteiger partial charge >= 0.3 is 0 Å². The van der Waals surface area contributed by atoms with Crippen LogP contribution in [0, 0.1) is 6.92 Å². The molecule has 0 radical (unpaired) electrons. The molecule has 1 heterocycles. The van der Waals surface area contributed by atoms with Crippen molar-refractivity contribution in [3.05, 3.63) is 65.2 Å². The van der Waals surface area contributed by atoms with Crippen molar-refractivity contribution in [1.82, 2.24) is 5.01 Å². The van der Waals surface area contributed by atoms with Gasteiger partial charge in [0.2, 0.25) is 0 Å². The summed E-state index contributed by atoms with van der Waals surface area (Å²) >= 11 is 0. The van der Waals surface area contributed by atoms with E-state index in [0.29, 0.717) is 11.4 Å². The highest BCUT2D eigenvalue weighted by Crippen LogP contribution is 2.26. The Morgan fingerprint density at radius 2 is 1.77 bits per heavy atom. The van der Waals surface area contributed by atoms with Crippen LogP contribution >= 0.6 is 0 Å². The van der Waals surface area contributed by atoms with Gasteiger partial charge in [0, 0.05) is 12.6 Å². The van der Waals surface area contributed by atoms with E-state index in [0.717, 1.165) is 5.56 Å². The largest absolute Gasteiger partial charge is 0.285 e. The van der Waals surface area contributed by atoms with Gasteiger partial charge in [-0.1, -0.05) is 42.0 Å². The Labute approximate surface area is 129 Å². The van der Waals surface area contributed by atoms with Crippen molar-refractivity contribution in [2.45, 2.75) is 11.8 Å². The van der Waals surface area contributed by atoms with Crippen LogP contribution in [0.15, 0.2) is 62.9 Å². The highest BCUT2D eigenvalue weighted by molar-refractivity contribution is 7.90. The van der Waals surface area contributed by atoms with Crippen molar-refractivity contribution < 1.29 is 8.42 Å². The zero-order valence-corrected chi connectivity index (χ0v) is 13.1. The van der Waals surface area contributed by atoms with E-state index in [1.807, 2.05) is 31.2 Å². The summed E-state index contributed by atoms with van der Waals surface area (Å²) in [6, 6.07) is 14.6. The second kappa shape index (κ2) is 5.38. The molecule has 0 bridgehead atoms. The van der Waals surface area contributed by atoms with Crippen LogP contribution in [0.2, 0.25) is 0 Å². The number of nitrogens with zero attached hydrogens (tertiary/aromatic N) is 3. The van der Waals surface area contributed by atoms with E-state index < -0.39 is 10.0 Å². The summed E-state index contributed by atoms with van der Waals surface area (Å²) in [6.07, 6.45) is 1.68. The highest BCUT2D eigenvalue weighted by Gasteiger charge is 2.30. The van der Waals surface area contributed by atoms with Gasteiger partial charge in [-0.3, -0.25) is 0 Å². The molecule has 112 valence electrons. The molecule has 0 unspecified atom stereocenters. The van der Waals surface area contributed by atoms with Crippen molar-refractivity contribution in [2.24, 2.45) is 9.50 Å². The van der Waals surface area contributed by atoms with E-state index in [1.165, 1.54) is 10.6 Å². The summed E-state index contributed by atoms with van der Waals surface area (Å²) in [4.78, 5) is 0.224. The maximum Gasteiger partial charge on any atom is 0.285 e. The Bertz CT molecular complexity index is 869. The molecule has 2 aromatic rings. The standard InChI is InChI=1S/C16H15N3O2S/c1-12-7-9-13(10-8-12)11-17-19(2)16-14-5-3-4-6-15(14)22(20,21)18-16/h3-11H,1-2H3/b17-11+. The molecule has 0 aliphatic carbocycles. The zero-order valence-electron chi connectivity index (χ0n) is 12.3. The number of fused-ring (bicyclic) bond motifs is 1. The average Bonchev–Trinajstić information content (AvgIpc) is 2.79. The predicted molar refractivity (Wildman–Crippen MR) is 86.7 cm³/mol. The number of aryl methyl sites for hydroxylation is 1. The van der Waals surface area contributed by atoms with Crippen LogP contribution in [0.5, 0.6) is 0 Å².